The summed E-state index contributed by atoms with van der Waals surface area (Å²) in [7, 11) is 0. The molecule has 6 heteroatoms. The Labute approximate surface area is 114 Å². The van der Waals surface area contributed by atoms with E-state index >= 15 is 0 Å². The van der Waals surface area contributed by atoms with Crippen LogP contribution in [0.15, 0.2) is 0 Å². The molecule has 0 saturated heterocycles. The van der Waals surface area contributed by atoms with Crippen molar-refractivity contribution in [3.05, 3.63) is 0 Å². The number of ether oxygens (including phenoxy) is 1. The van der Waals surface area contributed by atoms with Crippen LogP contribution in [0.4, 0.5) is 0 Å². The summed E-state index contributed by atoms with van der Waals surface area (Å²) in [6.45, 7) is 9.28. The van der Waals surface area contributed by atoms with Crippen molar-refractivity contribution in [1.82, 2.24) is 5.32 Å². The second-order valence-electron chi connectivity index (χ2n) is 5.74. The highest BCUT2D eigenvalue weighted by Crippen LogP contribution is 2.09. The summed E-state index contributed by atoms with van der Waals surface area (Å²) in [6, 6.07) is -1.79. The third kappa shape index (κ3) is 7.12. The molecule has 0 aliphatic carbocycles. The molecule has 0 aromatic rings. The second-order valence-corrected chi connectivity index (χ2v) is 5.74. The van der Waals surface area contributed by atoms with E-state index in [1.807, 2.05) is 27.7 Å². The number of hydrogen-bond acceptors (Lipinski definition) is 4. The molecule has 0 heterocycles. The minimum absolute atomic E-state index is 0.0577. The van der Waals surface area contributed by atoms with Crippen LogP contribution in [0, 0.1) is 5.92 Å². The molecule has 0 aromatic heterocycles. The summed E-state index contributed by atoms with van der Waals surface area (Å²) in [5.41, 5.74) is 5.30. The lowest BCUT2D eigenvalue weighted by Gasteiger charge is -2.24. The monoisotopic (exact) mass is 274 g/mol. The minimum Gasteiger partial charge on any atom is -0.480 e. The first-order chi connectivity index (χ1) is 8.58. The van der Waals surface area contributed by atoms with E-state index in [4.69, 9.17) is 15.6 Å². The fourth-order valence-corrected chi connectivity index (χ4v) is 1.36. The fourth-order valence-electron chi connectivity index (χ4n) is 1.36. The number of nitrogens with one attached hydrogen (secondary N) is 1. The van der Waals surface area contributed by atoms with Gasteiger partial charge in [-0.3, -0.25) is 4.79 Å². The zero-order chi connectivity index (χ0) is 15.2. The van der Waals surface area contributed by atoms with Crippen LogP contribution in [0.25, 0.3) is 0 Å². The summed E-state index contributed by atoms with van der Waals surface area (Å²) < 4.78 is 5.41. The summed E-state index contributed by atoms with van der Waals surface area (Å²) >= 11 is 0. The van der Waals surface area contributed by atoms with E-state index in [1.165, 1.54) is 0 Å². The van der Waals surface area contributed by atoms with Gasteiger partial charge in [-0.15, -0.1) is 0 Å². The predicted molar refractivity (Wildman–Crippen MR) is 72.7 cm³/mol. The van der Waals surface area contributed by atoms with E-state index in [0.717, 1.165) is 0 Å². The number of hydrogen-bond donors (Lipinski definition) is 3. The van der Waals surface area contributed by atoms with Gasteiger partial charge in [-0.2, -0.15) is 0 Å². The number of carbonyl (C=O) groups excluding carboxylic acids is 1. The molecule has 1 amide bonds. The van der Waals surface area contributed by atoms with Gasteiger partial charge in [0.05, 0.1) is 12.2 Å². The van der Waals surface area contributed by atoms with Crippen LogP contribution in [0.1, 0.15) is 41.0 Å². The van der Waals surface area contributed by atoms with Gasteiger partial charge in [0, 0.05) is 0 Å². The van der Waals surface area contributed by atoms with Gasteiger partial charge in [0.1, 0.15) is 12.1 Å². The van der Waals surface area contributed by atoms with Crippen molar-refractivity contribution in [2.75, 3.05) is 6.61 Å². The Hall–Kier alpha value is -1.14. The summed E-state index contributed by atoms with van der Waals surface area (Å²) in [5, 5.41) is 11.5. The quantitative estimate of drug-likeness (QED) is 0.635. The zero-order valence-corrected chi connectivity index (χ0v) is 12.4. The number of aliphatic carboxylic acids is 1. The van der Waals surface area contributed by atoms with E-state index < -0.39 is 24.0 Å². The van der Waals surface area contributed by atoms with Crippen molar-refractivity contribution >= 4 is 11.9 Å². The molecule has 0 unspecified atom stereocenters. The first kappa shape index (κ1) is 17.9. The number of carboxylic acid groups (broad SMARTS) is 1. The molecule has 0 aliphatic heterocycles. The van der Waals surface area contributed by atoms with E-state index in [2.05, 4.69) is 5.32 Å². The number of nitrogens with two attached hydrogens (primary N) is 1. The van der Waals surface area contributed by atoms with Gasteiger partial charge >= 0.3 is 5.97 Å². The zero-order valence-electron chi connectivity index (χ0n) is 12.4. The first-order valence-electron chi connectivity index (χ1n) is 6.51. The predicted octanol–water partition coefficient (Wildman–Crippen LogP) is 0.744. The Bertz CT molecular complexity index is 312. The molecule has 0 radical (unpaired) electrons. The number of carbonyl (C=O) groups is 2. The largest absolute Gasteiger partial charge is 0.480 e. The van der Waals surface area contributed by atoms with Crippen LogP contribution >= 0.6 is 0 Å². The molecule has 0 saturated carbocycles. The molecular formula is C13H26N2O4. The molecule has 112 valence electrons. The smallest absolute Gasteiger partial charge is 0.326 e. The third-order valence-electron chi connectivity index (χ3n) is 2.81. The highest BCUT2D eigenvalue weighted by molar-refractivity contribution is 5.87. The van der Waals surface area contributed by atoms with Crippen LogP contribution < -0.4 is 11.1 Å². The topological polar surface area (TPSA) is 102 Å². The highest BCUT2D eigenvalue weighted by Gasteiger charge is 2.28. The Morgan fingerprint density at radius 2 is 1.89 bits per heavy atom. The Morgan fingerprint density at radius 1 is 1.37 bits per heavy atom. The Balaban J connectivity index is 4.44. The Kier molecular flexibility index (Phi) is 7.00. The second kappa shape index (κ2) is 7.45. The molecule has 0 fully saturated rings. The van der Waals surface area contributed by atoms with Crippen LogP contribution in [-0.4, -0.2) is 41.3 Å². The van der Waals surface area contributed by atoms with Gasteiger partial charge in [0.2, 0.25) is 5.91 Å². The minimum atomic E-state index is -1.05. The molecule has 3 atom stereocenters. The van der Waals surface area contributed by atoms with E-state index in [-0.39, 0.29) is 18.1 Å². The normalized spacial score (nSPS) is 16.5. The average Bonchev–Trinajstić information content (AvgIpc) is 2.30. The highest BCUT2D eigenvalue weighted by atomic mass is 16.5. The Morgan fingerprint density at radius 3 is 2.26 bits per heavy atom. The van der Waals surface area contributed by atoms with Gasteiger partial charge in [-0.05, 0) is 26.7 Å². The first-order valence-corrected chi connectivity index (χ1v) is 6.51. The van der Waals surface area contributed by atoms with E-state index in [9.17, 15) is 9.59 Å². The molecule has 0 bridgehead atoms. The molecule has 0 aliphatic rings. The van der Waals surface area contributed by atoms with E-state index in [1.54, 1.807) is 6.92 Å². The molecule has 6 nitrogen and oxygen atoms in total. The van der Waals surface area contributed by atoms with Crippen molar-refractivity contribution in [2.45, 2.75) is 58.7 Å². The average molecular weight is 274 g/mol. The van der Waals surface area contributed by atoms with Crippen LogP contribution in [0.2, 0.25) is 0 Å². The maximum atomic E-state index is 11.8. The SMILES string of the molecule is CC[C@H](C)[C@H](NC(=O)[C@@H](N)COC(C)(C)C)C(=O)O. The lowest BCUT2D eigenvalue weighted by atomic mass is 9.99. The van der Waals surface area contributed by atoms with Crippen LogP contribution in [0.5, 0.6) is 0 Å². The van der Waals surface area contributed by atoms with Gasteiger partial charge in [0.25, 0.3) is 0 Å². The van der Waals surface area contributed by atoms with Gasteiger partial charge in [-0.1, -0.05) is 20.3 Å². The van der Waals surface area contributed by atoms with Crippen molar-refractivity contribution in [2.24, 2.45) is 11.7 Å². The lowest BCUT2D eigenvalue weighted by molar-refractivity contribution is -0.144. The lowest BCUT2D eigenvalue weighted by Crippen LogP contribution is -2.52. The number of rotatable bonds is 7. The van der Waals surface area contributed by atoms with Gasteiger partial charge in [0.15, 0.2) is 0 Å². The summed E-state index contributed by atoms with van der Waals surface area (Å²) in [5.74, 6) is -1.71. The van der Waals surface area contributed by atoms with Crippen LogP contribution in [0.3, 0.4) is 0 Å². The molecule has 4 N–H and O–H groups in total. The molecule has 0 rings (SSSR count). The van der Waals surface area contributed by atoms with Crippen molar-refractivity contribution in [1.29, 1.82) is 0 Å². The maximum absolute atomic E-state index is 11.8. The van der Waals surface area contributed by atoms with Crippen LogP contribution in [-0.2, 0) is 14.3 Å². The van der Waals surface area contributed by atoms with E-state index in [0.29, 0.717) is 6.42 Å². The number of carboxylic acids is 1. The fraction of sp³-hybridized carbons (Fsp3) is 0.846. The van der Waals surface area contributed by atoms with Crippen molar-refractivity contribution in [3.63, 3.8) is 0 Å². The molecule has 0 aromatic carbocycles. The van der Waals surface area contributed by atoms with Gasteiger partial charge in [-0.25, -0.2) is 4.79 Å². The van der Waals surface area contributed by atoms with Crippen molar-refractivity contribution < 1.29 is 19.4 Å². The molecule has 19 heavy (non-hydrogen) atoms. The summed E-state index contributed by atoms with van der Waals surface area (Å²) in [4.78, 5) is 22.9. The molecular weight excluding hydrogens is 248 g/mol. The van der Waals surface area contributed by atoms with Gasteiger partial charge < -0.3 is 20.9 Å². The summed E-state index contributed by atoms with van der Waals surface area (Å²) in [6.07, 6.45) is 0.658. The third-order valence-corrected chi connectivity index (χ3v) is 2.81. The standard InChI is InChI=1S/C13H26N2O4/c1-6-8(2)10(12(17)18)15-11(16)9(14)7-19-13(3,4)5/h8-10H,6-7,14H2,1-5H3,(H,15,16)(H,17,18)/t8-,9-,10-/m0/s1. The van der Waals surface area contributed by atoms with Crippen molar-refractivity contribution in [3.8, 4) is 0 Å². The molecule has 0 spiro atoms. The maximum Gasteiger partial charge on any atom is 0.326 e. The number of amides is 1.